The van der Waals surface area contributed by atoms with Crippen LogP contribution in [0.1, 0.15) is 148 Å². The van der Waals surface area contributed by atoms with Gasteiger partial charge in [0, 0.05) is 110 Å². The van der Waals surface area contributed by atoms with Crippen LogP contribution < -0.4 is 0 Å². The van der Waals surface area contributed by atoms with Gasteiger partial charge in [-0.2, -0.15) is 0 Å². The highest BCUT2D eigenvalue weighted by atomic mass is 14.9. The summed E-state index contributed by atoms with van der Waals surface area (Å²) in [7, 11) is 0. The molecule has 0 saturated heterocycles. The Morgan fingerprint density at radius 2 is 0.350 bits per heavy atom. The Hall–Kier alpha value is -5.52. The molecule has 6 aromatic rings. The van der Waals surface area contributed by atoms with Gasteiger partial charge in [-0.25, -0.2) is 59.8 Å². The third kappa shape index (κ3) is 8.69. The van der Waals surface area contributed by atoms with Crippen LogP contribution in [0.5, 0.6) is 0 Å². The minimum absolute atomic E-state index is 0.263. The Morgan fingerprint density at radius 1 is 0.200 bits per heavy atom. The van der Waals surface area contributed by atoms with Crippen LogP contribution in [-0.4, -0.2) is 59.8 Å². The van der Waals surface area contributed by atoms with Crippen LogP contribution in [0.3, 0.4) is 0 Å². The van der Waals surface area contributed by atoms with Gasteiger partial charge >= 0.3 is 0 Å². The summed E-state index contributed by atoms with van der Waals surface area (Å²) in [6, 6.07) is 11.6. The van der Waals surface area contributed by atoms with E-state index in [1.165, 1.54) is 12.8 Å². The van der Waals surface area contributed by atoms with Crippen LogP contribution in [0.4, 0.5) is 0 Å². The first-order valence-electron chi connectivity index (χ1n) is 22.3. The average Bonchev–Trinajstić information content (AvgIpc) is 3.35. The molecule has 306 valence electrons. The zero-order valence-electron chi connectivity index (χ0n) is 34.2. The Labute approximate surface area is 352 Å². The number of hydrogen-bond donors (Lipinski definition) is 0. The van der Waals surface area contributed by atoms with E-state index in [2.05, 4.69) is 0 Å². The summed E-state index contributed by atoms with van der Waals surface area (Å²) in [4.78, 5) is 58.1. The fourth-order valence-corrected chi connectivity index (χ4v) is 12.2. The van der Waals surface area contributed by atoms with Crippen molar-refractivity contribution in [2.24, 2.45) is 35.5 Å². The summed E-state index contributed by atoms with van der Waals surface area (Å²) < 4.78 is 0. The maximum absolute atomic E-state index is 4.92. The minimum Gasteiger partial charge on any atom is -0.241 e. The summed E-state index contributed by atoms with van der Waals surface area (Å²) in [6.45, 7) is 0. The molecule has 4 aliphatic rings. The van der Waals surface area contributed by atoms with Crippen LogP contribution in [0, 0.1) is 35.5 Å². The van der Waals surface area contributed by atoms with Crippen LogP contribution >= 0.6 is 0 Å². The molecule has 10 unspecified atom stereocenters. The van der Waals surface area contributed by atoms with Crippen molar-refractivity contribution < 1.29 is 0 Å². The monoisotopic (exact) mass is 798 g/mol. The van der Waals surface area contributed by atoms with Crippen LogP contribution in [0.2, 0.25) is 0 Å². The molecule has 60 heavy (non-hydrogen) atoms. The number of aromatic nitrogens is 12. The second-order valence-corrected chi connectivity index (χ2v) is 18.2. The first-order valence-corrected chi connectivity index (χ1v) is 22.3. The van der Waals surface area contributed by atoms with E-state index in [0.717, 1.165) is 99.2 Å². The molecule has 0 aromatic carbocycles. The molecule has 12 nitrogen and oxygen atoms in total. The van der Waals surface area contributed by atoms with Crippen molar-refractivity contribution in [3.05, 3.63) is 146 Å². The molecule has 6 heterocycles. The van der Waals surface area contributed by atoms with Gasteiger partial charge in [-0.05, 0) is 149 Å². The van der Waals surface area contributed by atoms with Gasteiger partial charge in [0.25, 0.3) is 0 Å². The van der Waals surface area contributed by atoms with Gasteiger partial charge in [0.1, 0.15) is 34.9 Å². The molecule has 0 bridgehead atoms. The highest BCUT2D eigenvalue weighted by Crippen LogP contribution is 2.57. The number of nitrogens with zero attached hydrogens (tertiary/aromatic N) is 12. The lowest BCUT2D eigenvalue weighted by Gasteiger charge is -2.48. The second-order valence-electron chi connectivity index (χ2n) is 18.2. The quantitative estimate of drug-likeness (QED) is 0.137. The van der Waals surface area contributed by atoms with E-state index in [-0.39, 0.29) is 23.7 Å². The SMILES string of the molecule is c1cnc(C2CC(c3ncccn3)CC(C3CC(c4ncccn4)CC(C4CC(c5ncccn5)CC(C5CC(c6ncccn6)CC(c6ncccn6)C5)C4)C3)C2)nc1. The molecule has 10 atom stereocenters. The first-order chi connectivity index (χ1) is 29.7. The highest BCUT2D eigenvalue weighted by Gasteiger charge is 2.47. The third-order valence-corrected chi connectivity index (χ3v) is 14.8. The molecular weight excluding hydrogens is 745 g/mol. The van der Waals surface area contributed by atoms with Crippen LogP contribution in [0.15, 0.2) is 111 Å². The smallest absolute Gasteiger partial charge is 0.131 e. The molecule has 4 aliphatic carbocycles. The summed E-state index contributed by atoms with van der Waals surface area (Å²) in [5.74, 6) is 10.5. The molecule has 0 amide bonds. The van der Waals surface area contributed by atoms with Gasteiger partial charge in [0.2, 0.25) is 0 Å². The zero-order valence-corrected chi connectivity index (χ0v) is 34.2. The van der Waals surface area contributed by atoms with E-state index < -0.39 is 0 Å². The van der Waals surface area contributed by atoms with Crippen molar-refractivity contribution in [3.8, 4) is 0 Å². The Kier molecular flexibility index (Phi) is 11.6. The zero-order chi connectivity index (χ0) is 40.1. The van der Waals surface area contributed by atoms with Crippen molar-refractivity contribution in [2.75, 3.05) is 0 Å². The average molecular weight is 799 g/mol. The molecule has 0 spiro atoms. The van der Waals surface area contributed by atoms with E-state index >= 15 is 0 Å². The van der Waals surface area contributed by atoms with Gasteiger partial charge in [0.05, 0.1) is 0 Å². The van der Waals surface area contributed by atoms with E-state index in [9.17, 15) is 0 Å². The summed E-state index contributed by atoms with van der Waals surface area (Å²) in [5, 5.41) is 0. The standard InChI is InChI=1S/C48H54N12/c1-7-49-43(50-8-1)37-21-31(19-33(23-37)35-25-39(45-53-11-3-12-54-45)29-40(26-35)46-55-13-4-14-56-46)32-20-34(24-38(22-32)44-51-9-2-10-52-44)36-27-41(47-57-15-5-16-58-47)30-42(28-36)48-59-17-6-18-60-48/h1-18,31-42H,19-30H2. The molecule has 10 rings (SSSR count). The van der Waals surface area contributed by atoms with E-state index in [4.69, 9.17) is 59.8 Å². The van der Waals surface area contributed by atoms with Gasteiger partial charge in [-0.1, -0.05) is 0 Å². The lowest BCUT2D eigenvalue weighted by molar-refractivity contribution is 0.0501. The van der Waals surface area contributed by atoms with Crippen LogP contribution in [0.25, 0.3) is 0 Å². The molecule has 0 radical (unpaired) electrons. The van der Waals surface area contributed by atoms with Crippen LogP contribution in [-0.2, 0) is 0 Å². The fourth-order valence-electron chi connectivity index (χ4n) is 12.2. The van der Waals surface area contributed by atoms with Crippen molar-refractivity contribution in [1.82, 2.24) is 59.8 Å². The molecule has 12 heteroatoms. The van der Waals surface area contributed by atoms with E-state index in [1.807, 2.05) is 111 Å². The number of hydrogen-bond acceptors (Lipinski definition) is 12. The maximum atomic E-state index is 4.92. The largest absolute Gasteiger partial charge is 0.241 e. The molecule has 0 N–H and O–H groups in total. The lowest BCUT2D eigenvalue weighted by Crippen LogP contribution is -2.39. The number of rotatable bonds is 9. The summed E-state index contributed by atoms with van der Waals surface area (Å²) in [5.41, 5.74) is 0. The predicted molar refractivity (Wildman–Crippen MR) is 225 cm³/mol. The molecule has 4 fully saturated rings. The molecule has 4 saturated carbocycles. The first kappa shape index (κ1) is 38.7. The summed E-state index contributed by atoms with van der Waals surface area (Å²) >= 11 is 0. The van der Waals surface area contributed by atoms with Gasteiger partial charge in [0.15, 0.2) is 0 Å². The van der Waals surface area contributed by atoms with Gasteiger partial charge < -0.3 is 0 Å². The Morgan fingerprint density at radius 3 is 0.533 bits per heavy atom. The van der Waals surface area contributed by atoms with E-state index in [1.54, 1.807) is 0 Å². The topological polar surface area (TPSA) is 155 Å². The van der Waals surface area contributed by atoms with Gasteiger partial charge in [-0.15, -0.1) is 0 Å². The van der Waals surface area contributed by atoms with Crippen molar-refractivity contribution >= 4 is 0 Å². The summed E-state index contributed by atoms with van der Waals surface area (Å²) in [6.07, 6.45) is 35.9. The van der Waals surface area contributed by atoms with E-state index in [0.29, 0.717) is 47.3 Å². The predicted octanol–water partition coefficient (Wildman–Crippen LogP) is 8.86. The molecule has 6 aromatic heterocycles. The van der Waals surface area contributed by atoms with Gasteiger partial charge in [-0.3, -0.25) is 0 Å². The van der Waals surface area contributed by atoms with Crippen molar-refractivity contribution in [3.63, 3.8) is 0 Å². The Balaban J connectivity index is 0.977. The lowest BCUT2D eigenvalue weighted by atomic mass is 9.57. The highest BCUT2D eigenvalue weighted by molar-refractivity contribution is 5.13. The second kappa shape index (κ2) is 18.0. The fraction of sp³-hybridized carbons (Fsp3) is 0.500. The maximum Gasteiger partial charge on any atom is 0.131 e. The normalized spacial score (nSPS) is 32.2. The van der Waals surface area contributed by atoms with Crippen molar-refractivity contribution in [1.29, 1.82) is 0 Å². The third-order valence-electron chi connectivity index (χ3n) is 14.8. The Bertz CT molecular complexity index is 1970. The molecular formula is C48H54N12. The molecule has 0 aliphatic heterocycles. The minimum atomic E-state index is 0.263. The van der Waals surface area contributed by atoms with Crippen molar-refractivity contribution in [2.45, 2.75) is 113 Å².